The highest BCUT2D eigenvalue weighted by atomic mass is 19.4. The number of methoxy groups -OCH3 is 1. The van der Waals surface area contributed by atoms with Gasteiger partial charge in [-0.1, -0.05) is 0 Å². The van der Waals surface area contributed by atoms with Crippen LogP contribution >= 0.6 is 0 Å². The number of ether oxygens (including phenoxy) is 1. The molecule has 9 nitrogen and oxygen atoms in total. The number of anilines is 1. The van der Waals surface area contributed by atoms with E-state index in [4.69, 9.17) is 10.00 Å². The summed E-state index contributed by atoms with van der Waals surface area (Å²) in [4.78, 5) is 29.1. The summed E-state index contributed by atoms with van der Waals surface area (Å²) in [7, 11) is 3.18. The summed E-state index contributed by atoms with van der Waals surface area (Å²) in [6.07, 6.45) is -4.70. The van der Waals surface area contributed by atoms with E-state index >= 15 is 0 Å². The fourth-order valence-corrected chi connectivity index (χ4v) is 3.75. The molecule has 2 heterocycles. The Morgan fingerprint density at radius 2 is 2.03 bits per heavy atom. The first-order valence-electron chi connectivity index (χ1n) is 10.5. The SMILES string of the molecule is COCCNC(=O)C1CN(c2ccc(C#N)c(C(F)(F)F)c2)CCN1C(=O)c1cc(C)n(C)n1. The number of nitriles is 1. The molecule has 0 radical (unpaired) electrons. The van der Waals surface area contributed by atoms with Crippen LogP contribution in [0.3, 0.4) is 0 Å². The molecule has 1 aromatic carbocycles. The molecule has 0 saturated carbocycles. The van der Waals surface area contributed by atoms with E-state index in [0.29, 0.717) is 0 Å². The summed E-state index contributed by atoms with van der Waals surface area (Å²) >= 11 is 0. The number of aryl methyl sites for hydroxylation is 2. The molecular formula is C22H25F3N6O3. The number of halogens is 3. The number of piperazine rings is 1. The summed E-state index contributed by atoms with van der Waals surface area (Å²) in [6, 6.07) is 5.63. The Kier molecular flexibility index (Phi) is 7.46. The largest absolute Gasteiger partial charge is 0.417 e. The first-order valence-corrected chi connectivity index (χ1v) is 10.5. The average molecular weight is 478 g/mol. The van der Waals surface area contributed by atoms with Crippen LogP contribution in [0.5, 0.6) is 0 Å². The van der Waals surface area contributed by atoms with E-state index in [-0.39, 0.29) is 44.2 Å². The fourth-order valence-electron chi connectivity index (χ4n) is 3.75. The number of hydrogen-bond acceptors (Lipinski definition) is 6. The molecule has 0 spiro atoms. The molecule has 1 aliphatic rings. The van der Waals surface area contributed by atoms with E-state index in [1.165, 1.54) is 18.1 Å². The standard InChI is InChI=1S/C22H25F3N6O3/c1-14-10-18(28-29(14)2)21(33)31-8-7-30(13-19(31)20(32)27-6-9-34-3)16-5-4-15(12-26)17(11-16)22(23,24)25/h4-5,10-11,19H,6-9,13H2,1-3H3,(H,27,32). The minimum atomic E-state index is -4.70. The molecule has 1 aromatic heterocycles. The zero-order valence-electron chi connectivity index (χ0n) is 19.0. The van der Waals surface area contributed by atoms with Crippen LogP contribution in [-0.2, 0) is 22.8 Å². The van der Waals surface area contributed by atoms with Gasteiger partial charge in [-0.3, -0.25) is 14.3 Å². The van der Waals surface area contributed by atoms with Crippen molar-refractivity contribution >= 4 is 17.5 Å². The topological polar surface area (TPSA) is 103 Å². The Morgan fingerprint density at radius 1 is 1.29 bits per heavy atom. The lowest BCUT2D eigenvalue weighted by Crippen LogP contribution is -2.61. The highest BCUT2D eigenvalue weighted by Crippen LogP contribution is 2.35. The van der Waals surface area contributed by atoms with E-state index < -0.39 is 35.2 Å². The molecule has 1 saturated heterocycles. The predicted molar refractivity (Wildman–Crippen MR) is 116 cm³/mol. The minimum Gasteiger partial charge on any atom is -0.383 e. The van der Waals surface area contributed by atoms with Gasteiger partial charge >= 0.3 is 6.18 Å². The summed E-state index contributed by atoms with van der Waals surface area (Å²) in [6.45, 7) is 2.53. The molecule has 0 bridgehead atoms. The van der Waals surface area contributed by atoms with E-state index in [2.05, 4.69) is 10.4 Å². The molecule has 1 N–H and O–H groups in total. The van der Waals surface area contributed by atoms with Crippen molar-refractivity contribution in [2.24, 2.45) is 7.05 Å². The molecule has 1 aliphatic heterocycles. The van der Waals surface area contributed by atoms with Crippen molar-refractivity contribution < 1.29 is 27.5 Å². The molecule has 2 aromatic rings. The van der Waals surface area contributed by atoms with Gasteiger partial charge in [-0.15, -0.1) is 0 Å². The maximum atomic E-state index is 13.4. The number of nitrogens with zero attached hydrogens (tertiary/aromatic N) is 5. The quantitative estimate of drug-likeness (QED) is 0.634. The summed E-state index contributed by atoms with van der Waals surface area (Å²) in [5.41, 5.74) is -0.372. The number of nitrogens with one attached hydrogen (secondary N) is 1. The zero-order valence-corrected chi connectivity index (χ0v) is 19.0. The van der Waals surface area contributed by atoms with Gasteiger partial charge in [-0.25, -0.2) is 0 Å². The first-order chi connectivity index (χ1) is 16.1. The lowest BCUT2D eigenvalue weighted by Gasteiger charge is -2.41. The van der Waals surface area contributed by atoms with E-state index in [1.807, 2.05) is 0 Å². The Balaban J connectivity index is 1.90. The number of rotatable bonds is 6. The number of aromatic nitrogens is 2. The van der Waals surface area contributed by atoms with Crippen molar-refractivity contribution in [1.29, 1.82) is 5.26 Å². The molecule has 1 fully saturated rings. The van der Waals surface area contributed by atoms with Gasteiger partial charge in [0.2, 0.25) is 5.91 Å². The molecular weight excluding hydrogens is 453 g/mol. The molecule has 182 valence electrons. The van der Waals surface area contributed by atoms with Gasteiger partial charge in [0, 0.05) is 51.7 Å². The van der Waals surface area contributed by atoms with Gasteiger partial charge in [-0.2, -0.15) is 23.5 Å². The smallest absolute Gasteiger partial charge is 0.383 e. The highest BCUT2D eigenvalue weighted by Gasteiger charge is 2.38. The maximum Gasteiger partial charge on any atom is 0.417 e. The number of carbonyl (C=O) groups is 2. The van der Waals surface area contributed by atoms with Crippen molar-refractivity contribution in [3.63, 3.8) is 0 Å². The third-order valence-corrected chi connectivity index (χ3v) is 5.68. The van der Waals surface area contributed by atoms with Gasteiger partial charge in [-0.05, 0) is 31.2 Å². The average Bonchev–Trinajstić information content (AvgIpc) is 3.15. The Hall–Kier alpha value is -3.59. The van der Waals surface area contributed by atoms with Crippen LogP contribution in [0.25, 0.3) is 0 Å². The molecule has 1 atom stereocenters. The second-order valence-electron chi connectivity index (χ2n) is 7.88. The predicted octanol–water partition coefficient (Wildman–Crippen LogP) is 1.71. The lowest BCUT2D eigenvalue weighted by atomic mass is 10.0. The van der Waals surface area contributed by atoms with Gasteiger partial charge in [0.15, 0.2) is 5.69 Å². The van der Waals surface area contributed by atoms with E-state index in [1.54, 1.807) is 35.7 Å². The van der Waals surface area contributed by atoms with Crippen LogP contribution in [0.15, 0.2) is 24.3 Å². The number of hydrogen-bond donors (Lipinski definition) is 1. The highest BCUT2D eigenvalue weighted by molar-refractivity contribution is 5.96. The maximum absolute atomic E-state index is 13.4. The molecule has 34 heavy (non-hydrogen) atoms. The van der Waals surface area contributed by atoms with Crippen molar-refractivity contribution in [2.75, 3.05) is 44.8 Å². The van der Waals surface area contributed by atoms with Gasteiger partial charge in [0.05, 0.1) is 23.8 Å². The molecule has 12 heteroatoms. The normalized spacial score (nSPS) is 16.3. The van der Waals surface area contributed by atoms with Gasteiger partial charge < -0.3 is 19.9 Å². The van der Waals surface area contributed by atoms with Gasteiger partial charge in [0.1, 0.15) is 6.04 Å². The number of benzene rings is 1. The molecule has 3 rings (SSSR count). The summed E-state index contributed by atoms with van der Waals surface area (Å²) < 4.78 is 46.8. The van der Waals surface area contributed by atoms with E-state index in [9.17, 15) is 22.8 Å². The molecule has 1 unspecified atom stereocenters. The van der Waals surface area contributed by atoms with Crippen molar-refractivity contribution in [1.82, 2.24) is 20.0 Å². The number of carbonyl (C=O) groups excluding carboxylic acids is 2. The fraction of sp³-hybridized carbons (Fsp3) is 0.455. The third kappa shape index (κ3) is 5.31. The second kappa shape index (κ2) is 10.1. The van der Waals surface area contributed by atoms with Crippen LogP contribution in [0.1, 0.15) is 27.3 Å². The molecule has 2 amide bonds. The summed E-state index contributed by atoms with van der Waals surface area (Å²) in [5.74, 6) is -0.890. The van der Waals surface area contributed by atoms with E-state index in [0.717, 1.165) is 17.8 Å². The van der Waals surface area contributed by atoms with Crippen molar-refractivity contribution in [3.8, 4) is 6.07 Å². The second-order valence-corrected chi connectivity index (χ2v) is 7.88. The number of amides is 2. The minimum absolute atomic E-state index is 0.0282. The Morgan fingerprint density at radius 3 is 2.62 bits per heavy atom. The lowest BCUT2D eigenvalue weighted by molar-refractivity contribution is -0.137. The Bertz CT molecular complexity index is 1090. The Labute approximate surface area is 194 Å². The summed E-state index contributed by atoms with van der Waals surface area (Å²) in [5, 5.41) is 15.9. The zero-order chi connectivity index (χ0) is 25.0. The monoisotopic (exact) mass is 478 g/mol. The third-order valence-electron chi connectivity index (χ3n) is 5.68. The van der Waals surface area contributed by atoms with Crippen LogP contribution < -0.4 is 10.2 Å². The molecule has 0 aliphatic carbocycles. The van der Waals surface area contributed by atoms with Gasteiger partial charge in [0.25, 0.3) is 5.91 Å². The van der Waals surface area contributed by atoms with Crippen molar-refractivity contribution in [2.45, 2.75) is 19.1 Å². The van der Waals surface area contributed by atoms with Crippen molar-refractivity contribution in [3.05, 3.63) is 46.8 Å². The van der Waals surface area contributed by atoms with Crippen LogP contribution in [0.2, 0.25) is 0 Å². The first kappa shape index (κ1) is 25.0. The van der Waals surface area contributed by atoms with Crippen LogP contribution in [0.4, 0.5) is 18.9 Å². The number of alkyl halides is 3. The van der Waals surface area contributed by atoms with Crippen LogP contribution in [-0.4, -0.2) is 72.4 Å². The van der Waals surface area contributed by atoms with Crippen LogP contribution in [0, 0.1) is 18.3 Å².